The van der Waals surface area contributed by atoms with E-state index in [0.29, 0.717) is 132 Å². The molecule has 12 aromatic rings. The summed E-state index contributed by atoms with van der Waals surface area (Å²) >= 11 is 3.24. The van der Waals surface area contributed by atoms with E-state index in [1.807, 2.05) is 9.13 Å². The van der Waals surface area contributed by atoms with Crippen LogP contribution in [0.1, 0.15) is 71.3 Å². The number of ether oxygens (including phenoxy) is 5. The number of nitrogens with zero attached hydrogens (tertiary/aromatic N) is 10. The molecule has 0 radical (unpaired) electrons. The molecule has 23 heteroatoms. The first-order valence-electron chi connectivity index (χ1n) is 29.4. The first kappa shape index (κ1) is 67.4. The largest absolute Gasteiger partial charge is 0.478 e. The highest BCUT2D eigenvalue weighted by Gasteiger charge is 2.20. The first-order valence-corrected chi connectivity index (χ1v) is 30.2. The fraction of sp³-hybridized carbons (Fsp3) is 0.151. The van der Waals surface area contributed by atoms with Crippen molar-refractivity contribution in [1.82, 2.24) is 49.0 Å². The third-order valence-corrected chi connectivity index (χ3v) is 15.2. The summed E-state index contributed by atoms with van der Waals surface area (Å²) in [6.45, 7) is 1.64. The molecule has 1 N–H and O–H groups in total. The van der Waals surface area contributed by atoms with Gasteiger partial charge in [0.15, 0.2) is 0 Å². The molecule has 0 bridgehead atoms. The summed E-state index contributed by atoms with van der Waals surface area (Å²) in [6, 6.07) is 39.3. The second kappa shape index (κ2) is 32.4. The van der Waals surface area contributed by atoms with Gasteiger partial charge in [0.2, 0.25) is 11.8 Å². The molecule has 0 unspecified atom stereocenters. The molecule has 482 valence electrons. The van der Waals surface area contributed by atoms with Crippen LogP contribution in [0.15, 0.2) is 188 Å². The van der Waals surface area contributed by atoms with Gasteiger partial charge in [-0.2, -0.15) is 0 Å². The summed E-state index contributed by atoms with van der Waals surface area (Å²) < 4.78 is 91.1. The summed E-state index contributed by atoms with van der Waals surface area (Å²) in [5.41, 5.74) is 8.76. The van der Waals surface area contributed by atoms with Crippen LogP contribution >= 0.6 is 15.9 Å². The summed E-state index contributed by atoms with van der Waals surface area (Å²) in [6.07, 6.45) is 14.6. The molecule has 6 heterocycles. The number of hydrogen-bond acceptors (Lipinski definition) is 15. The number of halogens is 5. The Hall–Kier alpha value is -11.5. The number of pyridine rings is 2. The number of hydrogen-bond donors (Lipinski definition) is 1. The molecule has 0 saturated carbocycles. The number of benzene rings is 6. The monoisotopic (exact) mass is 1360 g/mol. The van der Waals surface area contributed by atoms with Crippen molar-refractivity contribution in [3.05, 3.63) is 272 Å². The second-order valence-corrected chi connectivity index (χ2v) is 21.9. The van der Waals surface area contributed by atoms with Crippen LogP contribution in [0.5, 0.6) is 11.8 Å². The van der Waals surface area contributed by atoms with Gasteiger partial charge in [0.05, 0.1) is 76.0 Å². The number of fused-ring (bicyclic) bond motifs is 2. The standard InChI is InChI=1S/C36H27F2N5O4.C31H26BrF2N3O4.C6H4N2/c1-46-14-13-43-33-17-27(36(44)45)11-12-32(33)41-34(43)18-25-9-10-26(16-30(25)38)31-3-2-4-35(42-31)47-21-28-8-7-23(15-29(28)37)5-6-24-19-39-22-40-20-24;1-39-13-12-37-28-15-21(31(38)40-2)9-11-27(28)35-29(37)16-19-6-7-20(14-24(19)33)26-4-3-5-30(36-26)41-18-22-8-10-23(32)17-25(22)34;1-2-6-3-7-5-8-4-6/h2-4,7-12,15-17,19-20,22H,13-14,18,21H2,1H3,(H,44,45);3-11,14-15,17H,12-13,16,18H2,1-2H3;1,3-5H. The van der Waals surface area contributed by atoms with E-state index in [-0.39, 0.29) is 43.3 Å². The molecule has 0 fully saturated rings. The number of aromatic nitrogens is 10. The zero-order valence-electron chi connectivity index (χ0n) is 51.7. The minimum Gasteiger partial charge on any atom is -0.478 e. The molecular formula is C73H57BrF4N10O8. The number of aromatic carboxylic acids is 1. The van der Waals surface area contributed by atoms with Crippen molar-refractivity contribution in [3.63, 3.8) is 0 Å². The molecule has 0 atom stereocenters. The summed E-state index contributed by atoms with van der Waals surface area (Å²) in [7, 11) is 4.50. The van der Waals surface area contributed by atoms with Gasteiger partial charge >= 0.3 is 11.9 Å². The number of carbonyl (C=O) groups is 2. The minimum absolute atomic E-state index is 0.00800. The van der Waals surface area contributed by atoms with Gasteiger partial charge in [-0.25, -0.2) is 67.0 Å². The van der Waals surface area contributed by atoms with Crippen molar-refractivity contribution in [2.75, 3.05) is 34.5 Å². The molecule has 0 aliphatic heterocycles. The van der Waals surface area contributed by atoms with Crippen molar-refractivity contribution in [1.29, 1.82) is 0 Å². The SMILES string of the molecule is C#Cc1cncnc1.COCCn1c(Cc2ccc(-c3cccc(OCc4ccc(Br)cc4F)n3)cc2F)nc2ccc(C(=O)OC)cc21.COCCn1c(Cc2ccc(-c3cccc(OCc4ccc(C#Cc5cncnc5)cc4F)n3)cc2F)nc2ccc(C(=O)O)cc21. The normalized spacial score (nSPS) is 10.7. The molecule has 0 saturated heterocycles. The lowest BCUT2D eigenvalue weighted by Crippen LogP contribution is -2.10. The van der Waals surface area contributed by atoms with Crippen molar-refractivity contribution in [2.24, 2.45) is 0 Å². The van der Waals surface area contributed by atoms with Crippen LogP contribution in [0, 0.1) is 47.5 Å². The molecule has 6 aromatic carbocycles. The van der Waals surface area contributed by atoms with Gasteiger partial charge in [-0.05, 0) is 96.1 Å². The third-order valence-electron chi connectivity index (χ3n) is 14.7. The van der Waals surface area contributed by atoms with Crippen LogP contribution in [0.3, 0.4) is 0 Å². The highest BCUT2D eigenvalue weighted by Crippen LogP contribution is 2.29. The predicted molar refractivity (Wildman–Crippen MR) is 354 cm³/mol. The molecule has 0 amide bonds. The van der Waals surface area contributed by atoms with Gasteiger partial charge in [-0.15, -0.1) is 6.42 Å². The van der Waals surface area contributed by atoms with E-state index >= 15 is 8.78 Å². The van der Waals surface area contributed by atoms with E-state index in [0.717, 1.165) is 5.52 Å². The average Bonchev–Trinajstić information content (AvgIpc) is 1.68. The lowest BCUT2D eigenvalue weighted by molar-refractivity contribution is 0.0600. The minimum atomic E-state index is -1.04. The molecule has 12 rings (SSSR count). The molecule has 0 aliphatic rings. The molecule has 18 nitrogen and oxygen atoms in total. The van der Waals surface area contributed by atoms with Crippen molar-refractivity contribution < 1.29 is 55.9 Å². The zero-order valence-corrected chi connectivity index (χ0v) is 53.3. The van der Waals surface area contributed by atoms with Gasteiger partial charge in [-0.3, -0.25) is 0 Å². The van der Waals surface area contributed by atoms with Crippen LogP contribution in [-0.2, 0) is 53.4 Å². The van der Waals surface area contributed by atoms with Gasteiger partial charge in [0.1, 0.15) is 60.8 Å². The summed E-state index contributed by atoms with van der Waals surface area (Å²) in [5.74, 6) is 6.77. The number of imidazole rings is 2. The number of carbonyl (C=O) groups excluding carboxylic acids is 1. The Balaban J connectivity index is 0.000000188. The number of carboxylic acids is 1. The van der Waals surface area contributed by atoms with E-state index in [1.165, 1.54) is 50.1 Å². The van der Waals surface area contributed by atoms with Gasteiger partial charge in [0.25, 0.3) is 0 Å². The number of methoxy groups -OCH3 is 3. The Morgan fingerprint density at radius 2 is 0.990 bits per heavy atom. The fourth-order valence-electron chi connectivity index (χ4n) is 9.78. The number of carboxylic acid groups (broad SMARTS) is 1. The van der Waals surface area contributed by atoms with Crippen molar-refractivity contribution in [3.8, 4) is 58.5 Å². The van der Waals surface area contributed by atoms with Crippen LogP contribution < -0.4 is 9.47 Å². The molecule has 0 aliphatic carbocycles. The summed E-state index contributed by atoms with van der Waals surface area (Å²) in [4.78, 5) is 57.1. The lowest BCUT2D eigenvalue weighted by atomic mass is 10.1. The Labute approximate surface area is 556 Å². The molecular weight excluding hydrogens is 1300 g/mol. The quantitative estimate of drug-likeness (QED) is 0.0427. The maximum absolute atomic E-state index is 15.5. The third kappa shape index (κ3) is 17.4. The second-order valence-electron chi connectivity index (χ2n) is 21.0. The van der Waals surface area contributed by atoms with Crippen LogP contribution in [0.4, 0.5) is 17.6 Å². The summed E-state index contributed by atoms with van der Waals surface area (Å²) in [5, 5.41) is 9.44. The number of rotatable bonds is 20. The average molecular weight is 1360 g/mol. The Morgan fingerprint density at radius 3 is 1.46 bits per heavy atom. The van der Waals surface area contributed by atoms with Crippen molar-refractivity contribution in [2.45, 2.75) is 39.1 Å². The predicted octanol–water partition coefficient (Wildman–Crippen LogP) is 13.3. The van der Waals surface area contributed by atoms with E-state index < -0.39 is 29.4 Å². The van der Waals surface area contributed by atoms with Crippen LogP contribution in [0.2, 0.25) is 0 Å². The maximum Gasteiger partial charge on any atom is 0.337 e. The van der Waals surface area contributed by atoms with Crippen molar-refractivity contribution >= 4 is 49.9 Å². The number of esters is 1. The Bertz CT molecular complexity index is 4870. The highest BCUT2D eigenvalue weighted by atomic mass is 79.9. The van der Waals surface area contributed by atoms with E-state index in [2.05, 4.69) is 68.6 Å². The Kier molecular flexibility index (Phi) is 22.7. The molecule has 6 aromatic heterocycles. The fourth-order valence-corrected chi connectivity index (χ4v) is 10.1. The van der Waals surface area contributed by atoms with Crippen LogP contribution in [0.25, 0.3) is 44.6 Å². The van der Waals surface area contributed by atoms with Gasteiger partial charge < -0.3 is 37.9 Å². The van der Waals surface area contributed by atoms with E-state index in [1.54, 1.807) is 154 Å². The topological polar surface area (TPSA) is 213 Å². The highest BCUT2D eigenvalue weighted by molar-refractivity contribution is 9.10. The van der Waals surface area contributed by atoms with Gasteiger partial charge in [-0.1, -0.05) is 82.2 Å². The zero-order chi connectivity index (χ0) is 67.5. The first-order chi connectivity index (χ1) is 46.7. The lowest BCUT2D eigenvalue weighted by Gasteiger charge is -2.11. The molecule has 96 heavy (non-hydrogen) atoms. The van der Waals surface area contributed by atoms with Crippen LogP contribution in [-0.4, -0.2) is 101 Å². The van der Waals surface area contributed by atoms with Gasteiger partial charge in [0, 0.05) is 109 Å². The van der Waals surface area contributed by atoms with E-state index in [4.69, 9.17) is 35.1 Å². The van der Waals surface area contributed by atoms with E-state index in [9.17, 15) is 23.5 Å². The molecule has 0 spiro atoms. The maximum atomic E-state index is 15.5. The Morgan fingerprint density at radius 1 is 0.521 bits per heavy atom. The number of terminal acetylenes is 1. The smallest absolute Gasteiger partial charge is 0.337 e.